The minimum Gasteiger partial charge on any atom is -0.478 e. The van der Waals surface area contributed by atoms with Crippen molar-refractivity contribution >= 4 is 28.3 Å². The Kier molecular flexibility index (Phi) is 4.09. The number of nitrogens with one attached hydrogen (secondary N) is 1. The minimum atomic E-state index is -0.927. The standard InChI is InChI=1S/C24H25N3O2S/c1-23(2)11-12-24(3,4)20-19(23)26-22(30-20)27-13-14-7-5-6-8-15(14)18-16(21(28)29)9-10-17(27)25-18/h5-10H,11-13H2,1-4H3,(H,28,29)/p+1. The molecule has 0 amide bonds. The van der Waals surface area contributed by atoms with Crippen LogP contribution in [-0.2, 0) is 17.4 Å². The second kappa shape index (κ2) is 6.38. The molecule has 2 bridgehead atoms. The van der Waals surface area contributed by atoms with Crippen molar-refractivity contribution in [1.82, 2.24) is 4.98 Å². The molecule has 0 atom stereocenters. The van der Waals surface area contributed by atoms with Crippen LogP contribution in [0.1, 0.15) is 67.0 Å². The molecule has 0 spiro atoms. The summed E-state index contributed by atoms with van der Waals surface area (Å²) < 4.78 is 0. The Morgan fingerprint density at radius 3 is 2.57 bits per heavy atom. The molecule has 0 fully saturated rings. The lowest BCUT2D eigenvalue weighted by atomic mass is 9.69. The number of pyridine rings is 1. The van der Waals surface area contributed by atoms with Gasteiger partial charge in [-0.25, -0.2) is 14.8 Å². The van der Waals surface area contributed by atoms with Gasteiger partial charge in [-0.3, -0.25) is 0 Å². The maximum Gasteiger partial charge on any atom is 0.340 e. The van der Waals surface area contributed by atoms with Crippen molar-refractivity contribution in [2.45, 2.75) is 57.9 Å². The molecule has 0 radical (unpaired) electrons. The zero-order chi connectivity index (χ0) is 21.3. The molecular weight excluding hydrogens is 394 g/mol. The van der Waals surface area contributed by atoms with Crippen LogP contribution in [0.5, 0.6) is 0 Å². The lowest BCUT2D eigenvalue weighted by molar-refractivity contribution is -0.349. The maximum absolute atomic E-state index is 11.8. The number of carbonyl (C=O) groups is 1. The van der Waals surface area contributed by atoms with E-state index in [1.54, 1.807) is 17.4 Å². The van der Waals surface area contributed by atoms with E-state index in [2.05, 4.69) is 43.6 Å². The number of anilines is 2. The van der Waals surface area contributed by atoms with Gasteiger partial charge in [0, 0.05) is 32.9 Å². The second-order valence-corrected chi connectivity index (χ2v) is 10.6. The fraction of sp³-hybridized carbons (Fsp3) is 0.375. The number of hydrogen-bond donors (Lipinski definition) is 1. The molecule has 3 heterocycles. The Morgan fingerprint density at radius 2 is 1.83 bits per heavy atom. The van der Waals surface area contributed by atoms with Gasteiger partial charge in [0.25, 0.3) is 10.9 Å². The molecule has 1 aliphatic carbocycles. The third-order valence-corrected chi connectivity index (χ3v) is 7.99. The summed E-state index contributed by atoms with van der Waals surface area (Å²) >= 11 is 1.77. The Bertz CT molecular complexity index is 1150. The number of fused-ring (bicyclic) bond motifs is 5. The summed E-state index contributed by atoms with van der Waals surface area (Å²) in [6, 6.07) is 11.6. The molecule has 1 aliphatic heterocycles. The Labute approximate surface area is 180 Å². The number of hydrogen-bond acceptors (Lipinski definition) is 4. The van der Waals surface area contributed by atoms with Crippen LogP contribution in [0.2, 0.25) is 0 Å². The Balaban J connectivity index is 1.70. The van der Waals surface area contributed by atoms with E-state index < -0.39 is 5.97 Å². The number of carboxylic acid groups (broad SMARTS) is 1. The molecule has 2 aromatic heterocycles. The van der Waals surface area contributed by atoms with E-state index in [0.717, 1.165) is 34.9 Å². The van der Waals surface area contributed by atoms with E-state index in [4.69, 9.17) is 4.98 Å². The van der Waals surface area contributed by atoms with Gasteiger partial charge >= 0.3 is 5.97 Å². The number of H-pyrrole nitrogens is 1. The van der Waals surface area contributed by atoms with Crippen molar-refractivity contribution in [2.75, 3.05) is 4.90 Å². The number of aromatic nitrogens is 2. The molecular formula is C24H26N3O2S+. The van der Waals surface area contributed by atoms with Crippen LogP contribution in [0.15, 0.2) is 36.4 Å². The van der Waals surface area contributed by atoms with E-state index in [0.29, 0.717) is 12.2 Å². The van der Waals surface area contributed by atoms with E-state index in [9.17, 15) is 9.90 Å². The fourth-order valence-electron chi connectivity index (χ4n) is 4.56. The van der Waals surface area contributed by atoms with Crippen LogP contribution < -0.4 is 9.88 Å². The summed E-state index contributed by atoms with van der Waals surface area (Å²) in [5.41, 5.74) is 4.34. The molecule has 0 saturated heterocycles. The lowest BCUT2D eigenvalue weighted by Crippen LogP contribution is -2.32. The lowest BCUT2D eigenvalue weighted by Gasteiger charge is -2.37. The van der Waals surface area contributed by atoms with E-state index in [1.165, 1.54) is 10.6 Å². The van der Waals surface area contributed by atoms with Gasteiger partial charge in [-0.15, -0.1) is 0 Å². The van der Waals surface area contributed by atoms with Gasteiger partial charge in [-0.1, -0.05) is 63.3 Å². The van der Waals surface area contributed by atoms with E-state index in [-0.39, 0.29) is 16.4 Å². The van der Waals surface area contributed by atoms with Gasteiger partial charge in [0.05, 0.1) is 5.69 Å². The first-order chi connectivity index (χ1) is 14.2. The molecule has 154 valence electrons. The van der Waals surface area contributed by atoms with Crippen molar-refractivity contribution in [3.8, 4) is 11.3 Å². The predicted molar refractivity (Wildman–Crippen MR) is 119 cm³/mol. The topological polar surface area (TPSA) is 67.6 Å². The van der Waals surface area contributed by atoms with Gasteiger partial charge in [0.15, 0.2) is 0 Å². The van der Waals surface area contributed by atoms with Gasteiger partial charge in [-0.05, 0) is 18.9 Å². The number of benzene rings is 1. The quantitative estimate of drug-likeness (QED) is 0.609. The number of carboxylic acids is 1. The summed E-state index contributed by atoms with van der Waals surface area (Å²) in [6.07, 6.45) is 2.28. The van der Waals surface area contributed by atoms with E-state index in [1.807, 2.05) is 24.3 Å². The van der Waals surface area contributed by atoms with Gasteiger partial charge < -0.3 is 5.11 Å². The zero-order valence-corrected chi connectivity index (χ0v) is 18.6. The average molecular weight is 421 g/mol. The highest BCUT2D eigenvalue weighted by Crippen LogP contribution is 2.50. The van der Waals surface area contributed by atoms with Crippen molar-refractivity contribution < 1.29 is 14.9 Å². The van der Waals surface area contributed by atoms with Crippen molar-refractivity contribution in [3.63, 3.8) is 0 Å². The monoisotopic (exact) mass is 420 g/mol. The first-order valence-corrected chi connectivity index (χ1v) is 11.2. The van der Waals surface area contributed by atoms with Crippen LogP contribution in [-0.4, -0.2) is 16.1 Å². The van der Waals surface area contributed by atoms with Gasteiger partial charge in [0.2, 0.25) is 0 Å². The summed E-state index contributed by atoms with van der Waals surface area (Å²) in [4.78, 5) is 23.9. The first-order valence-electron chi connectivity index (χ1n) is 10.3. The summed E-state index contributed by atoms with van der Waals surface area (Å²) in [6.45, 7) is 9.84. The number of aromatic carboxylic acids is 1. The highest BCUT2D eigenvalue weighted by molar-refractivity contribution is 7.16. The maximum atomic E-state index is 11.8. The number of aromatic amines is 1. The Hall–Kier alpha value is -2.73. The largest absolute Gasteiger partial charge is 0.478 e. The molecule has 1 aromatic carbocycles. The van der Waals surface area contributed by atoms with Crippen LogP contribution >= 0.6 is 11.3 Å². The molecule has 2 N–H and O–H groups in total. The zero-order valence-electron chi connectivity index (χ0n) is 17.7. The molecule has 5 nitrogen and oxygen atoms in total. The molecule has 0 saturated carbocycles. The van der Waals surface area contributed by atoms with Crippen molar-refractivity contribution in [3.05, 3.63) is 58.1 Å². The molecule has 3 aromatic rings. The van der Waals surface area contributed by atoms with Gasteiger partial charge in [0.1, 0.15) is 17.8 Å². The average Bonchev–Trinajstić information content (AvgIpc) is 3.13. The predicted octanol–water partition coefficient (Wildman–Crippen LogP) is 5.32. The van der Waals surface area contributed by atoms with Crippen LogP contribution in [0.4, 0.5) is 10.9 Å². The van der Waals surface area contributed by atoms with Crippen molar-refractivity contribution in [2.24, 2.45) is 0 Å². The minimum absolute atomic E-state index is 0.0609. The third-order valence-electron chi connectivity index (χ3n) is 6.54. The van der Waals surface area contributed by atoms with Crippen LogP contribution in [0, 0.1) is 0 Å². The Morgan fingerprint density at radius 1 is 1.10 bits per heavy atom. The SMILES string of the molecule is CC1(C)CCC(C)(C)c2sc(N3Cc4ccccc4-c4[nH+]c3ccc4C(=O)O)nc21. The second-order valence-electron chi connectivity index (χ2n) is 9.62. The van der Waals surface area contributed by atoms with Crippen LogP contribution in [0.3, 0.4) is 0 Å². The van der Waals surface area contributed by atoms with Crippen LogP contribution in [0.25, 0.3) is 11.3 Å². The van der Waals surface area contributed by atoms with Gasteiger partial charge in [-0.2, -0.15) is 4.90 Å². The molecule has 0 unspecified atom stereocenters. The fourth-order valence-corrected chi connectivity index (χ4v) is 5.95. The first kappa shape index (κ1) is 19.2. The number of rotatable bonds is 2. The molecule has 2 aliphatic rings. The highest BCUT2D eigenvalue weighted by atomic mass is 32.1. The van der Waals surface area contributed by atoms with Crippen molar-refractivity contribution in [1.29, 1.82) is 0 Å². The molecule has 5 rings (SSSR count). The molecule has 6 heteroatoms. The summed E-state index contributed by atoms with van der Waals surface area (Å²) in [7, 11) is 0. The molecule has 30 heavy (non-hydrogen) atoms. The normalized spacial score (nSPS) is 18.3. The summed E-state index contributed by atoms with van der Waals surface area (Å²) in [5.74, 6) is -0.0582. The van der Waals surface area contributed by atoms with E-state index >= 15 is 0 Å². The number of nitrogens with zero attached hydrogens (tertiary/aromatic N) is 2. The highest BCUT2D eigenvalue weighted by Gasteiger charge is 2.42. The number of thiazole rings is 1. The smallest absolute Gasteiger partial charge is 0.340 e. The third kappa shape index (κ3) is 2.85. The summed E-state index contributed by atoms with van der Waals surface area (Å²) in [5, 5.41) is 10.7.